The SMILES string of the molecule is O=C(NO)c1ccc2c(c1)CN(C(=O)/C(=C/c1ccc(F)cc1)c1ccccc1)CC2. The van der Waals surface area contributed by atoms with Gasteiger partial charge >= 0.3 is 0 Å². The predicted molar refractivity (Wildman–Crippen MR) is 116 cm³/mol. The molecule has 3 aromatic rings. The summed E-state index contributed by atoms with van der Waals surface area (Å²) in [5.41, 5.74) is 5.93. The third kappa shape index (κ3) is 4.54. The molecule has 156 valence electrons. The lowest BCUT2D eigenvalue weighted by atomic mass is 9.95. The van der Waals surface area contributed by atoms with E-state index in [1.807, 2.05) is 36.4 Å². The van der Waals surface area contributed by atoms with Crippen molar-refractivity contribution in [2.24, 2.45) is 0 Å². The lowest BCUT2D eigenvalue weighted by molar-refractivity contribution is -0.125. The topological polar surface area (TPSA) is 69.6 Å². The summed E-state index contributed by atoms with van der Waals surface area (Å²) in [6, 6.07) is 20.6. The number of carbonyl (C=O) groups is 2. The van der Waals surface area contributed by atoms with E-state index in [0.717, 1.165) is 22.3 Å². The van der Waals surface area contributed by atoms with Crippen LogP contribution >= 0.6 is 0 Å². The minimum Gasteiger partial charge on any atom is -0.334 e. The fourth-order valence-corrected chi connectivity index (χ4v) is 3.72. The Bertz CT molecular complexity index is 1140. The van der Waals surface area contributed by atoms with Crippen molar-refractivity contribution in [2.45, 2.75) is 13.0 Å². The number of hydrogen-bond donors (Lipinski definition) is 2. The van der Waals surface area contributed by atoms with Gasteiger partial charge in [-0.15, -0.1) is 0 Å². The van der Waals surface area contributed by atoms with Gasteiger partial charge in [-0.25, -0.2) is 9.87 Å². The number of halogens is 1. The van der Waals surface area contributed by atoms with Crippen LogP contribution in [0.15, 0.2) is 72.8 Å². The van der Waals surface area contributed by atoms with E-state index < -0.39 is 5.91 Å². The summed E-state index contributed by atoms with van der Waals surface area (Å²) in [5, 5.41) is 8.89. The molecule has 0 fully saturated rings. The molecule has 31 heavy (non-hydrogen) atoms. The van der Waals surface area contributed by atoms with Crippen LogP contribution in [-0.2, 0) is 17.8 Å². The number of benzene rings is 3. The van der Waals surface area contributed by atoms with Crippen LogP contribution in [-0.4, -0.2) is 28.5 Å². The molecule has 0 aromatic heterocycles. The zero-order chi connectivity index (χ0) is 21.8. The van der Waals surface area contributed by atoms with Gasteiger partial charge in [0, 0.05) is 24.2 Å². The van der Waals surface area contributed by atoms with Gasteiger partial charge in [0.2, 0.25) is 0 Å². The van der Waals surface area contributed by atoms with Gasteiger partial charge in [0.1, 0.15) is 5.82 Å². The highest BCUT2D eigenvalue weighted by Gasteiger charge is 2.25. The highest BCUT2D eigenvalue weighted by atomic mass is 19.1. The maximum Gasteiger partial charge on any atom is 0.274 e. The van der Waals surface area contributed by atoms with Gasteiger partial charge in [-0.2, -0.15) is 0 Å². The number of rotatable bonds is 4. The predicted octanol–water partition coefficient (Wildman–Crippen LogP) is 4.07. The van der Waals surface area contributed by atoms with Gasteiger partial charge in [-0.05, 0) is 59.0 Å². The minimum atomic E-state index is -0.590. The van der Waals surface area contributed by atoms with Crippen molar-refractivity contribution in [2.75, 3.05) is 6.54 Å². The first-order valence-corrected chi connectivity index (χ1v) is 9.93. The smallest absolute Gasteiger partial charge is 0.274 e. The molecule has 4 rings (SSSR count). The van der Waals surface area contributed by atoms with Crippen molar-refractivity contribution < 1.29 is 19.2 Å². The molecule has 1 aliphatic rings. The average Bonchev–Trinajstić information content (AvgIpc) is 2.82. The lowest BCUT2D eigenvalue weighted by Gasteiger charge is -2.30. The molecule has 1 aliphatic heterocycles. The van der Waals surface area contributed by atoms with Crippen LogP contribution in [0.3, 0.4) is 0 Å². The molecule has 2 amide bonds. The van der Waals surface area contributed by atoms with Gasteiger partial charge in [-0.3, -0.25) is 14.8 Å². The second kappa shape index (κ2) is 8.93. The first-order valence-electron chi connectivity index (χ1n) is 9.93. The Morgan fingerprint density at radius 2 is 1.68 bits per heavy atom. The Kier molecular flexibility index (Phi) is 5.91. The summed E-state index contributed by atoms with van der Waals surface area (Å²) in [7, 11) is 0. The van der Waals surface area contributed by atoms with E-state index in [1.165, 1.54) is 12.1 Å². The molecule has 0 spiro atoms. The summed E-state index contributed by atoms with van der Waals surface area (Å²) >= 11 is 0. The van der Waals surface area contributed by atoms with E-state index in [2.05, 4.69) is 0 Å². The molecule has 6 heteroatoms. The molecule has 5 nitrogen and oxygen atoms in total. The van der Waals surface area contributed by atoms with Crippen molar-refractivity contribution in [3.8, 4) is 0 Å². The van der Waals surface area contributed by atoms with E-state index in [0.29, 0.717) is 30.6 Å². The lowest BCUT2D eigenvalue weighted by Crippen LogP contribution is -2.36. The van der Waals surface area contributed by atoms with Crippen LogP contribution < -0.4 is 5.48 Å². The number of carbonyl (C=O) groups excluding carboxylic acids is 2. The standard InChI is InChI=1S/C25H21FN2O3/c26-22-10-6-17(7-11-22)14-23(19-4-2-1-3-5-19)25(30)28-13-12-18-8-9-20(24(29)27-31)15-21(18)16-28/h1-11,14-15,31H,12-13,16H2,(H,27,29)/b23-14+. The Labute approximate surface area is 179 Å². The molecular formula is C25H21FN2O3. The van der Waals surface area contributed by atoms with Crippen LogP contribution in [0.25, 0.3) is 11.6 Å². The average molecular weight is 416 g/mol. The fourth-order valence-electron chi connectivity index (χ4n) is 3.72. The van der Waals surface area contributed by atoms with Crippen LogP contribution in [0.2, 0.25) is 0 Å². The van der Waals surface area contributed by atoms with Crippen molar-refractivity contribution >= 4 is 23.5 Å². The van der Waals surface area contributed by atoms with Crippen molar-refractivity contribution in [1.29, 1.82) is 0 Å². The maximum atomic E-state index is 13.5. The van der Waals surface area contributed by atoms with Crippen LogP contribution in [0, 0.1) is 5.82 Å². The molecule has 0 bridgehead atoms. The van der Waals surface area contributed by atoms with E-state index in [9.17, 15) is 14.0 Å². The normalized spacial score (nSPS) is 13.5. The second-order valence-electron chi connectivity index (χ2n) is 7.38. The third-order valence-corrected chi connectivity index (χ3v) is 5.37. The van der Waals surface area contributed by atoms with Crippen molar-refractivity contribution in [3.05, 3.63) is 106 Å². The van der Waals surface area contributed by atoms with E-state index in [4.69, 9.17) is 5.21 Å². The molecule has 0 saturated carbocycles. The second-order valence-corrected chi connectivity index (χ2v) is 7.38. The monoisotopic (exact) mass is 416 g/mol. The van der Waals surface area contributed by atoms with Gasteiger partial charge in [0.25, 0.3) is 11.8 Å². The fraction of sp³-hybridized carbons (Fsp3) is 0.120. The molecule has 0 aliphatic carbocycles. The number of nitrogens with one attached hydrogen (secondary N) is 1. The molecular weight excluding hydrogens is 395 g/mol. The molecule has 3 aromatic carbocycles. The maximum absolute atomic E-state index is 13.5. The van der Waals surface area contributed by atoms with E-state index in [-0.39, 0.29) is 11.7 Å². The number of fused-ring (bicyclic) bond motifs is 1. The van der Waals surface area contributed by atoms with Gasteiger partial charge < -0.3 is 4.90 Å². The number of hydroxylamine groups is 1. The Balaban J connectivity index is 1.66. The Hall–Kier alpha value is -3.77. The van der Waals surface area contributed by atoms with Crippen LogP contribution in [0.1, 0.15) is 32.6 Å². The summed E-state index contributed by atoms with van der Waals surface area (Å²) in [5.74, 6) is -1.06. The Morgan fingerprint density at radius 3 is 2.39 bits per heavy atom. The zero-order valence-electron chi connectivity index (χ0n) is 16.7. The third-order valence-electron chi connectivity index (χ3n) is 5.37. The number of nitrogens with zero attached hydrogens (tertiary/aromatic N) is 1. The molecule has 1 heterocycles. The summed E-state index contributed by atoms with van der Waals surface area (Å²) < 4.78 is 13.3. The molecule has 0 saturated heterocycles. The molecule has 0 unspecified atom stereocenters. The van der Waals surface area contributed by atoms with E-state index >= 15 is 0 Å². The summed E-state index contributed by atoms with van der Waals surface area (Å²) in [6.45, 7) is 0.902. The number of amides is 2. The van der Waals surface area contributed by atoms with Crippen molar-refractivity contribution in [3.63, 3.8) is 0 Å². The van der Waals surface area contributed by atoms with Gasteiger partial charge in [-0.1, -0.05) is 48.5 Å². The zero-order valence-corrected chi connectivity index (χ0v) is 16.7. The first-order chi connectivity index (χ1) is 15.0. The molecule has 0 atom stereocenters. The number of hydrogen-bond acceptors (Lipinski definition) is 3. The van der Waals surface area contributed by atoms with E-state index in [1.54, 1.807) is 40.7 Å². The summed E-state index contributed by atoms with van der Waals surface area (Å²) in [6.07, 6.45) is 2.43. The highest BCUT2D eigenvalue weighted by molar-refractivity contribution is 6.24. The minimum absolute atomic E-state index is 0.141. The largest absolute Gasteiger partial charge is 0.334 e. The highest BCUT2D eigenvalue weighted by Crippen LogP contribution is 2.26. The quantitative estimate of drug-likeness (QED) is 0.292. The van der Waals surface area contributed by atoms with Gasteiger partial charge in [0.05, 0.1) is 0 Å². The summed E-state index contributed by atoms with van der Waals surface area (Å²) in [4.78, 5) is 27.0. The van der Waals surface area contributed by atoms with Crippen LogP contribution in [0.4, 0.5) is 4.39 Å². The molecule has 2 N–H and O–H groups in total. The molecule has 0 radical (unpaired) electrons. The van der Waals surface area contributed by atoms with Crippen LogP contribution in [0.5, 0.6) is 0 Å². The Morgan fingerprint density at radius 1 is 0.935 bits per heavy atom. The van der Waals surface area contributed by atoms with Crippen molar-refractivity contribution in [1.82, 2.24) is 10.4 Å². The van der Waals surface area contributed by atoms with Gasteiger partial charge in [0.15, 0.2) is 0 Å². The first kappa shape index (κ1) is 20.5.